The summed E-state index contributed by atoms with van der Waals surface area (Å²) >= 11 is 1.42. The van der Waals surface area contributed by atoms with Gasteiger partial charge in [0.15, 0.2) is 0 Å². The van der Waals surface area contributed by atoms with Gasteiger partial charge in [0, 0.05) is 43.1 Å². The molecule has 1 fully saturated rings. The summed E-state index contributed by atoms with van der Waals surface area (Å²) in [4.78, 5) is 23.2. The third kappa shape index (κ3) is 5.08. The molecule has 6 nitrogen and oxygen atoms in total. The molecule has 0 spiro atoms. The third-order valence-electron chi connectivity index (χ3n) is 4.05. The zero-order valence-electron chi connectivity index (χ0n) is 14.4. The molecule has 138 valence electrons. The number of amides is 1. The number of ether oxygens (including phenoxy) is 2. The second-order valence-corrected chi connectivity index (χ2v) is 6.87. The SMILES string of the molecule is COc1nccc(OC2CCN(C(=O)CSc3ccc(F)cc3)CC2)n1. The van der Waals surface area contributed by atoms with Crippen LogP contribution in [0.25, 0.3) is 0 Å². The summed E-state index contributed by atoms with van der Waals surface area (Å²) < 4.78 is 23.7. The smallest absolute Gasteiger partial charge is 0.319 e. The number of piperidine rings is 1. The lowest BCUT2D eigenvalue weighted by molar-refractivity contribution is -0.130. The van der Waals surface area contributed by atoms with E-state index in [-0.39, 0.29) is 23.8 Å². The van der Waals surface area contributed by atoms with Gasteiger partial charge in [-0.2, -0.15) is 4.98 Å². The number of rotatable bonds is 6. The van der Waals surface area contributed by atoms with Crippen LogP contribution in [0, 0.1) is 5.82 Å². The molecule has 0 unspecified atom stereocenters. The molecule has 26 heavy (non-hydrogen) atoms. The lowest BCUT2D eigenvalue weighted by atomic mass is 10.1. The van der Waals surface area contributed by atoms with E-state index in [0.717, 1.165) is 17.7 Å². The predicted molar refractivity (Wildman–Crippen MR) is 95.9 cm³/mol. The Hall–Kier alpha value is -2.35. The molecule has 0 N–H and O–H groups in total. The fourth-order valence-electron chi connectivity index (χ4n) is 2.65. The largest absolute Gasteiger partial charge is 0.474 e. The van der Waals surface area contributed by atoms with Crippen LogP contribution in [0.5, 0.6) is 11.9 Å². The Morgan fingerprint density at radius 1 is 1.27 bits per heavy atom. The molecule has 2 heterocycles. The second-order valence-electron chi connectivity index (χ2n) is 5.82. The summed E-state index contributed by atoms with van der Waals surface area (Å²) in [7, 11) is 1.51. The van der Waals surface area contributed by atoms with Crippen molar-refractivity contribution in [1.29, 1.82) is 0 Å². The van der Waals surface area contributed by atoms with Gasteiger partial charge in [-0.05, 0) is 24.3 Å². The van der Waals surface area contributed by atoms with Crippen molar-refractivity contribution in [3.63, 3.8) is 0 Å². The van der Waals surface area contributed by atoms with Crippen LogP contribution < -0.4 is 9.47 Å². The Kier molecular flexibility index (Phi) is 6.27. The normalized spacial score (nSPS) is 14.9. The monoisotopic (exact) mass is 377 g/mol. The lowest BCUT2D eigenvalue weighted by Crippen LogP contribution is -2.42. The first-order valence-electron chi connectivity index (χ1n) is 8.34. The lowest BCUT2D eigenvalue weighted by Gasteiger charge is -2.31. The number of carbonyl (C=O) groups is 1. The predicted octanol–water partition coefficient (Wildman–Crippen LogP) is 2.79. The number of methoxy groups -OCH3 is 1. The number of nitrogens with zero attached hydrogens (tertiary/aromatic N) is 3. The number of halogens is 1. The van der Waals surface area contributed by atoms with Gasteiger partial charge < -0.3 is 14.4 Å². The van der Waals surface area contributed by atoms with Crippen LogP contribution >= 0.6 is 11.8 Å². The molecular weight excluding hydrogens is 357 g/mol. The van der Waals surface area contributed by atoms with Crippen LogP contribution in [0.4, 0.5) is 4.39 Å². The molecule has 1 aromatic heterocycles. The van der Waals surface area contributed by atoms with Gasteiger partial charge in [-0.15, -0.1) is 11.8 Å². The number of hydrogen-bond acceptors (Lipinski definition) is 6. The minimum Gasteiger partial charge on any atom is -0.474 e. The van der Waals surface area contributed by atoms with Crippen LogP contribution in [0.3, 0.4) is 0 Å². The first-order valence-corrected chi connectivity index (χ1v) is 9.32. The van der Waals surface area contributed by atoms with Crippen molar-refractivity contribution in [2.45, 2.75) is 23.8 Å². The van der Waals surface area contributed by atoms with Crippen LogP contribution in [-0.4, -0.2) is 52.8 Å². The highest BCUT2D eigenvalue weighted by Crippen LogP contribution is 2.21. The third-order valence-corrected chi connectivity index (χ3v) is 5.05. The summed E-state index contributed by atoms with van der Waals surface area (Å²) in [5.41, 5.74) is 0. The fraction of sp³-hybridized carbons (Fsp3) is 0.389. The Labute approximate surface area is 155 Å². The van der Waals surface area contributed by atoms with Crippen LogP contribution in [-0.2, 0) is 4.79 Å². The Morgan fingerprint density at radius 2 is 2.00 bits per heavy atom. The maximum Gasteiger partial charge on any atom is 0.319 e. The molecule has 1 aliphatic heterocycles. The number of thioether (sulfide) groups is 1. The summed E-state index contributed by atoms with van der Waals surface area (Å²) in [5, 5.41) is 0. The van der Waals surface area contributed by atoms with Crippen LogP contribution in [0.2, 0.25) is 0 Å². The molecule has 8 heteroatoms. The van der Waals surface area contributed by atoms with Crippen molar-refractivity contribution in [1.82, 2.24) is 14.9 Å². The van der Waals surface area contributed by atoms with Gasteiger partial charge in [0.1, 0.15) is 11.9 Å². The highest BCUT2D eigenvalue weighted by atomic mass is 32.2. The van der Waals surface area contributed by atoms with Crippen LogP contribution in [0.1, 0.15) is 12.8 Å². The minimum atomic E-state index is -0.274. The second kappa shape index (κ2) is 8.84. The van der Waals surface area contributed by atoms with Gasteiger partial charge in [0.25, 0.3) is 0 Å². The highest BCUT2D eigenvalue weighted by Gasteiger charge is 2.24. The summed E-state index contributed by atoms with van der Waals surface area (Å²) in [6.45, 7) is 1.30. The van der Waals surface area contributed by atoms with E-state index in [0.29, 0.717) is 24.7 Å². The van der Waals surface area contributed by atoms with E-state index in [1.165, 1.54) is 31.0 Å². The summed E-state index contributed by atoms with van der Waals surface area (Å²) in [6, 6.07) is 8.13. The van der Waals surface area contributed by atoms with E-state index in [1.54, 1.807) is 24.4 Å². The van der Waals surface area contributed by atoms with Crippen LogP contribution in [0.15, 0.2) is 41.4 Å². The average Bonchev–Trinajstić information content (AvgIpc) is 2.68. The van der Waals surface area contributed by atoms with E-state index in [4.69, 9.17) is 9.47 Å². The molecule has 0 saturated carbocycles. The molecule has 3 rings (SSSR count). The van der Waals surface area contributed by atoms with Crippen molar-refractivity contribution in [3.05, 3.63) is 42.3 Å². The molecular formula is C18H20FN3O3S. The van der Waals surface area contributed by atoms with E-state index >= 15 is 0 Å². The number of hydrogen-bond donors (Lipinski definition) is 0. The number of carbonyl (C=O) groups excluding carboxylic acids is 1. The standard InChI is InChI=1S/C18H20FN3O3S/c1-24-18-20-9-6-16(21-18)25-14-7-10-22(11-8-14)17(23)12-26-15-4-2-13(19)3-5-15/h2-6,9,14H,7-8,10-12H2,1H3. The number of likely N-dealkylation sites (tertiary alicyclic amines) is 1. The van der Waals surface area contributed by atoms with E-state index < -0.39 is 0 Å². The van der Waals surface area contributed by atoms with E-state index in [1.807, 2.05) is 4.90 Å². The Bertz CT molecular complexity index is 737. The molecule has 1 amide bonds. The molecule has 0 aliphatic carbocycles. The number of aromatic nitrogens is 2. The quantitative estimate of drug-likeness (QED) is 0.722. The zero-order chi connectivity index (χ0) is 18.4. The summed E-state index contributed by atoms with van der Waals surface area (Å²) in [6.07, 6.45) is 3.11. The van der Waals surface area contributed by atoms with Crippen molar-refractivity contribution in [2.24, 2.45) is 0 Å². The molecule has 0 radical (unpaired) electrons. The molecule has 1 aromatic carbocycles. The molecule has 2 aromatic rings. The topological polar surface area (TPSA) is 64.6 Å². The van der Waals surface area contributed by atoms with Crippen molar-refractivity contribution in [3.8, 4) is 11.9 Å². The molecule has 1 saturated heterocycles. The Morgan fingerprint density at radius 3 is 2.69 bits per heavy atom. The minimum absolute atomic E-state index is 0.0170. The Balaban J connectivity index is 1.43. The van der Waals surface area contributed by atoms with Gasteiger partial charge in [-0.1, -0.05) is 0 Å². The van der Waals surface area contributed by atoms with Gasteiger partial charge in [0.05, 0.1) is 12.9 Å². The summed E-state index contributed by atoms with van der Waals surface area (Å²) in [5.74, 6) is 0.638. The zero-order valence-corrected chi connectivity index (χ0v) is 15.2. The first kappa shape index (κ1) is 18.4. The molecule has 0 bridgehead atoms. The van der Waals surface area contributed by atoms with Gasteiger partial charge in [0.2, 0.25) is 11.8 Å². The van der Waals surface area contributed by atoms with Crippen molar-refractivity contribution >= 4 is 17.7 Å². The van der Waals surface area contributed by atoms with Gasteiger partial charge in [-0.3, -0.25) is 4.79 Å². The van der Waals surface area contributed by atoms with Gasteiger partial charge in [-0.25, -0.2) is 9.37 Å². The van der Waals surface area contributed by atoms with E-state index in [9.17, 15) is 9.18 Å². The van der Waals surface area contributed by atoms with Gasteiger partial charge >= 0.3 is 6.01 Å². The highest BCUT2D eigenvalue weighted by molar-refractivity contribution is 8.00. The average molecular weight is 377 g/mol. The van der Waals surface area contributed by atoms with Crippen molar-refractivity contribution < 1.29 is 18.7 Å². The molecule has 0 atom stereocenters. The fourth-order valence-corrected chi connectivity index (χ4v) is 3.45. The first-order chi connectivity index (χ1) is 12.6. The number of benzene rings is 1. The van der Waals surface area contributed by atoms with Crippen molar-refractivity contribution in [2.75, 3.05) is 26.0 Å². The molecule has 1 aliphatic rings. The van der Waals surface area contributed by atoms with E-state index in [2.05, 4.69) is 9.97 Å². The maximum atomic E-state index is 12.9. The maximum absolute atomic E-state index is 12.9.